The van der Waals surface area contributed by atoms with Crippen molar-refractivity contribution in [1.29, 1.82) is 0 Å². The van der Waals surface area contributed by atoms with E-state index in [1.165, 1.54) is 32.4 Å². The van der Waals surface area contributed by atoms with Crippen LogP contribution in [-0.2, 0) is 14.2 Å². The minimum absolute atomic E-state index is 0.0131. The molecule has 0 spiro atoms. The molecule has 6 nitrogen and oxygen atoms in total. The Morgan fingerprint density at radius 1 is 0.952 bits per heavy atom. The first-order valence-electron chi connectivity index (χ1n) is 6.53. The smallest absolute Gasteiger partial charge is 0.339 e. The number of carbonyl (C=O) groups is 3. The minimum atomic E-state index is -0.672. The summed E-state index contributed by atoms with van der Waals surface area (Å²) in [5, 5.41) is 0. The zero-order valence-corrected chi connectivity index (χ0v) is 12.3. The Hall–Kier alpha value is -2.37. The molecule has 0 amide bonds. The molecule has 0 heterocycles. The van der Waals surface area contributed by atoms with Gasteiger partial charge in [0.2, 0.25) is 0 Å². The second-order valence-electron chi connectivity index (χ2n) is 4.23. The van der Waals surface area contributed by atoms with Crippen LogP contribution in [0, 0.1) is 0 Å². The Bertz CT molecular complexity index is 535. The lowest BCUT2D eigenvalue weighted by Gasteiger charge is -2.09. The predicted molar refractivity (Wildman–Crippen MR) is 74.3 cm³/mol. The van der Waals surface area contributed by atoms with Crippen molar-refractivity contribution in [2.45, 2.75) is 19.8 Å². The van der Waals surface area contributed by atoms with Gasteiger partial charge in [-0.05, 0) is 24.6 Å². The molecule has 0 unspecified atom stereocenters. The van der Waals surface area contributed by atoms with Gasteiger partial charge in [0.25, 0.3) is 0 Å². The van der Waals surface area contributed by atoms with Gasteiger partial charge in [-0.25, -0.2) is 14.4 Å². The second-order valence-corrected chi connectivity index (χ2v) is 4.23. The molecule has 0 fully saturated rings. The summed E-state index contributed by atoms with van der Waals surface area (Å²) in [7, 11) is 2.44. The molecule has 21 heavy (non-hydrogen) atoms. The number of hydrogen-bond acceptors (Lipinski definition) is 6. The number of hydrogen-bond donors (Lipinski definition) is 0. The third kappa shape index (κ3) is 4.30. The number of carbonyl (C=O) groups excluding carboxylic acids is 3. The van der Waals surface area contributed by atoms with Gasteiger partial charge in [0.1, 0.15) is 0 Å². The van der Waals surface area contributed by atoms with Gasteiger partial charge in [-0.15, -0.1) is 0 Å². The zero-order valence-electron chi connectivity index (χ0n) is 12.3. The topological polar surface area (TPSA) is 78.9 Å². The Balaban J connectivity index is 3.13. The molecule has 0 atom stereocenters. The van der Waals surface area contributed by atoms with Crippen LogP contribution in [0.3, 0.4) is 0 Å². The van der Waals surface area contributed by atoms with Crippen LogP contribution in [0.2, 0.25) is 0 Å². The molecule has 0 N–H and O–H groups in total. The highest BCUT2D eigenvalue weighted by Crippen LogP contribution is 2.16. The SMILES string of the molecule is CCCCOC(=O)c1cc(C(=O)OC)ccc1C(=O)OC. The molecule has 6 heteroatoms. The Morgan fingerprint density at radius 2 is 1.62 bits per heavy atom. The third-order valence-corrected chi connectivity index (χ3v) is 2.80. The molecule has 1 aromatic carbocycles. The van der Waals surface area contributed by atoms with Gasteiger partial charge in [-0.3, -0.25) is 0 Å². The maximum atomic E-state index is 12.0. The molecule has 0 saturated heterocycles. The van der Waals surface area contributed by atoms with E-state index < -0.39 is 17.9 Å². The van der Waals surface area contributed by atoms with Crippen molar-refractivity contribution < 1.29 is 28.6 Å². The second kappa shape index (κ2) is 8.04. The first-order valence-corrected chi connectivity index (χ1v) is 6.53. The highest BCUT2D eigenvalue weighted by atomic mass is 16.5. The molecular weight excluding hydrogens is 276 g/mol. The van der Waals surface area contributed by atoms with Crippen molar-refractivity contribution >= 4 is 17.9 Å². The molecule has 1 aromatic rings. The van der Waals surface area contributed by atoms with E-state index in [-0.39, 0.29) is 23.3 Å². The predicted octanol–water partition coefficient (Wildman–Crippen LogP) is 2.22. The van der Waals surface area contributed by atoms with Crippen molar-refractivity contribution in [3.05, 3.63) is 34.9 Å². The van der Waals surface area contributed by atoms with Crippen LogP contribution in [0.25, 0.3) is 0 Å². The third-order valence-electron chi connectivity index (χ3n) is 2.80. The normalized spacial score (nSPS) is 9.86. The van der Waals surface area contributed by atoms with E-state index in [1.54, 1.807) is 0 Å². The summed E-state index contributed by atoms with van der Waals surface area (Å²) in [6.45, 7) is 2.21. The van der Waals surface area contributed by atoms with Crippen LogP contribution in [0.4, 0.5) is 0 Å². The summed E-state index contributed by atoms with van der Waals surface area (Å²) < 4.78 is 14.3. The van der Waals surface area contributed by atoms with Gasteiger partial charge in [-0.2, -0.15) is 0 Å². The number of esters is 3. The van der Waals surface area contributed by atoms with Gasteiger partial charge in [0.05, 0.1) is 37.5 Å². The van der Waals surface area contributed by atoms with Crippen LogP contribution in [-0.4, -0.2) is 38.7 Å². The maximum Gasteiger partial charge on any atom is 0.339 e. The Kier molecular flexibility index (Phi) is 6.39. The summed E-state index contributed by atoms with van der Waals surface area (Å²) in [4.78, 5) is 35.2. The summed E-state index contributed by atoms with van der Waals surface area (Å²) >= 11 is 0. The van der Waals surface area contributed by atoms with E-state index in [0.717, 1.165) is 12.8 Å². The van der Waals surface area contributed by atoms with Crippen molar-refractivity contribution in [3.63, 3.8) is 0 Å². The Labute approximate surface area is 123 Å². The first-order chi connectivity index (χ1) is 10.0. The van der Waals surface area contributed by atoms with Gasteiger partial charge in [-0.1, -0.05) is 13.3 Å². The van der Waals surface area contributed by atoms with E-state index in [2.05, 4.69) is 9.47 Å². The van der Waals surface area contributed by atoms with E-state index in [4.69, 9.17) is 4.74 Å². The molecule has 0 aromatic heterocycles. The fraction of sp³-hybridized carbons (Fsp3) is 0.400. The van der Waals surface area contributed by atoms with Gasteiger partial charge >= 0.3 is 17.9 Å². The van der Waals surface area contributed by atoms with Gasteiger partial charge in [0.15, 0.2) is 0 Å². The number of methoxy groups -OCH3 is 2. The van der Waals surface area contributed by atoms with E-state index >= 15 is 0 Å². The molecule has 0 aliphatic rings. The summed E-state index contributed by atoms with van der Waals surface area (Å²) in [6.07, 6.45) is 1.59. The van der Waals surface area contributed by atoms with Crippen LogP contribution in [0.5, 0.6) is 0 Å². The molecule has 0 bridgehead atoms. The largest absolute Gasteiger partial charge is 0.465 e. The highest BCUT2D eigenvalue weighted by Gasteiger charge is 2.21. The molecule has 0 radical (unpaired) electrons. The standard InChI is InChI=1S/C15H18O6/c1-4-5-8-21-15(18)12-9-10(13(16)19-2)6-7-11(12)14(17)20-3/h6-7,9H,4-5,8H2,1-3H3. The average Bonchev–Trinajstić information content (AvgIpc) is 2.52. The van der Waals surface area contributed by atoms with Crippen LogP contribution >= 0.6 is 0 Å². The van der Waals surface area contributed by atoms with Crippen LogP contribution in [0.15, 0.2) is 18.2 Å². The van der Waals surface area contributed by atoms with Crippen LogP contribution in [0.1, 0.15) is 50.8 Å². The van der Waals surface area contributed by atoms with Gasteiger partial charge < -0.3 is 14.2 Å². The molecular formula is C15H18O6. The zero-order chi connectivity index (χ0) is 15.8. The lowest BCUT2D eigenvalue weighted by molar-refractivity contribution is 0.0481. The fourth-order valence-corrected chi connectivity index (χ4v) is 1.63. The van der Waals surface area contributed by atoms with Crippen molar-refractivity contribution in [2.24, 2.45) is 0 Å². The van der Waals surface area contributed by atoms with E-state index in [9.17, 15) is 14.4 Å². The van der Waals surface area contributed by atoms with E-state index in [1.807, 2.05) is 6.92 Å². The molecule has 114 valence electrons. The number of rotatable bonds is 6. The highest BCUT2D eigenvalue weighted by molar-refractivity contribution is 6.05. The first kappa shape index (κ1) is 16.7. The number of unbranched alkanes of at least 4 members (excludes halogenated alkanes) is 1. The number of benzene rings is 1. The lowest BCUT2D eigenvalue weighted by Crippen LogP contribution is -2.15. The minimum Gasteiger partial charge on any atom is -0.465 e. The van der Waals surface area contributed by atoms with Crippen molar-refractivity contribution in [3.8, 4) is 0 Å². The number of ether oxygens (including phenoxy) is 3. The molecule has 0 aliphatic carbocycles. The quantitative estimate of drug-likeness (QED) is 0.455. The maximum absolute atomic E-state index is 12.0. The monoisotopic (exact) mass is 294 g/mol. The molecule has 0 aliphatic heterocycles. The summed E-state index contributed by atoms with van der Waals surface area (Å²) in [5.74, 6) is -1.95. The van der Waals surface area contributed by atoms with Crippen LogP contribution < -0.4 is 0 Å². The lowest BCUT2D eigenvalue weighted by atomic mass is 10.0. The summed E-state index contributed by atoms with van der Waals surface area (Å²) in [6, 6.07) is 4.00. The summed E-state index contributed by atoms with van der Waals surface area (Å²) in [5.41, 5.74) is 0.195. The fourth-order valence-electron chi connectivity index (χ4n) is 1.63. The molecule has 0 saturated carbocycles. The average molecular weight is 294 g/mol. The Morgan fingerprint density at radius 3 is 2.19 bits per heavy atom. The van der Waals surface area contributed by atoms with Gasteiger partial charge in [0, 0.05) is 0 Å². The van der Waals surface area contributed by atoms with E-state index in [0.29, 0.717) is 0 Å². The molecule has 1 rings (SSSR count). The van der Waals surface area contributed by atoms with Crippen molar-refractivity contribution in [1.82, 2.24) is 0 Å². The van der Waals surface area contributed by atoms with Crippen molar-refractivity contribution in [2.75, 3.05) is 20.8 Å².